The van der Waals surface area contributed by atoms with Crippen LogP contribution in [0.25, 0.3) is 33.5 Å². The van der Waals surface area contributed by atoms with Crippen LogP contribution in [0.2, 0.25) is 0 Å². The van der Waals surface area contributed by atoms with Gasteiger partial charge in [-0.1, -0.05) is 0 Å². The van der Waals surface area contributed by atoms with Crippen LogP contribution in [0.4, 0.5) is 0 Å². The van der Waals surface area contributed by atoms with Gasteiger partial charge in [0.1, 0.15) is 28.9 Å². The van der Waals surface area contributed by atoms with Crippen molar-refractivity contribution in [3.8, 4) is 39.8 Å². The molecule has 0 saturated heterocycles. The third kappa shape index (κ3) is 4.42. The number of imidazole rings is 1. The molecule has 3 aromatic carbocycles. The van der Waals surface area contributed by atoms with E-state index in [2.05, 4.69) is 9.97 Å². The fraction of sp³-hybridized carbons (Fsp3) is 0.0833. The van der Waals surface area contributed by atoms with Gasteiger partial charge >= 0.3 is 11.9 Å². The van der Waals surface area contributed by atoms with Crippen molar-refractivity contribution in [3.63, 3.8) is 0 Å². The summed E-state index contributed by atoms with van der Waals surface area (Å²) in [5.41, 5.74) is 6.96. The van der Waals surface area contributed by atoms with Gasteiger partial charge in [0.05, 0.1) is 28.9 Å². The van der Waals surface area contributed by atoms with Crippen molar-refractivity contribution in [2.75, 3.05) is 0 Å². The molecule has 0 fully saturated rings. The van der Waals surface area contributed by atoms with Crippen molar-refractivity contribution in [1.29, 1.82) is 5.41 Å². The number of aromatic amines is 1. The summed E-state index contributed by atoms with van der Waals surface area (Å²) >= 11 is 0. The second-order valence-electron chi connectivity index (χ2n) is 7.89. The minimum atomic E-state index is -1.47. The van der Waals surface area contributed by atoms with Crippen LogP contribution in [0, 0.1) is 5.41 Å². The highest BCUT2D eigenvalue weighted by atomic mass is 16.4. The smallest absolute Gasteiger partial charge is 0.311 e. The van der Waals surface area contributed by atoms with E-state index < -0.39 is 24.3 Å². The maximum atomic E-state index is 11.9. The number of amidine groups is 1. The average molecular weight is 476 g/mol. The fourth-order valence-electron chi connectivity index (χ4n) is 3.81. The number of rotatable bonds is 7. The van der Waals surface area contributed by atoms with Gasteiger partial charge in [0, 0.05) is 16.7 Å². The van der Waals surface area contributed by atoms with Crippen LogP contribution in [-0.2, 0) is 9.59 Å². The van der Waals surface area contributed by atoms with E-state index >= 15 is 0 Å². The summed E-state index contributed by atoms with van der Waals surface area (Å²) in [6, 6.07) is 11.0. The van der Waals surface area contributed by atoms with Crippen molar-refractivity contribution in [2.24, 2.45) is 5.73 Å². The molecule has 35 heavy (non-hydrogen) atoms. The van der Waals surface area contributed by atoms with Gasteiger partial charge in [0.25, 0.3) is 0 Å². The number of nitrogens with two attached hydrogens (primary N) is 1. The maximum absolute atomic E-state index is 11.9. The van der Waals surface area contributed by atoms with E-state index in [1.54, 1.807) is 18.2 Å². The Hall–Kier alpha value is -5.06. The Morgan fingerprint density at radius 1 is 0.971 bits per heavy atom. The number of benzene rings is 3. The Kier molecular flexibility index (Phi) is 5.75. The largest absolute Gasteiger partial charge is 0.508 e. The molecule has 0 radical (unpaired) electrons. The number of nitrogen functional groups attached to an aromatic ring is 1. The van der Waals surface area contributed by atoms with Crippen LogP contribution >= 0.6 is 0 Å². The van der Waals surface area contributed by atoms with Gasteiger partial charge in [-0.2, -0.15) is 0 Å². The third-order valence-electron chi connectivity index (χ3n) is 5.53. The number of phenolic OH excluding ortho intramolecular Hbond substituents is 3. The van der Waals surface area contributed by atoms with Crippen LogP contribution in [0.3, 0.4) is 0 Å². The number of nitrogens with zero attached hydrogens (tertiary/aromatic N) is 1. The number of fused-ring (bicyclic) bond motifs is 1. The first-order chi connectivity index (χ1) is 16.5. The van der Waals surface area contributed by atoms with Gasteiger partial charge in [0.15, 0.2) is 0 Å². The molecule has 11 nitrogen and oxygen atoms in total. The highest BCUT2D eigenvalue weighted by Gasteiger charge is 2.27. The van der Waals surface area contributed by atoms with Crippen LogP contribution in [-0.4, -0.2) is 53.3 Å². The second kappa shape index (κ2) is 8.71. The molecular weight excluding hydrogens is 456 g/mol. The number of aromatic nitrogens is 2. The lowest BCUT2D eigenvalue weighted by Crippen LogP contribution is -2.16. The summed E-state index contributed by atoms with van der Waals surface area (Å²) in [6.07, 6.45) is -0.729. The lowest BCUT2D eigenvalue weighted by molar-refractivity contribution is -0.145. The van der Waals surface area contributed by atoms with Crippen molar-refractivity contribution >= 4 is 28.8 Å². The molecule has 0 aliphatic carbocycles. The Morgan fingerprint density at radius 3 is 2.34 bits per heavy atom. The monoisotopic (exact) mass is 476 g/mol. The lowest BCUT2D eigenvalue weighted by Gasteiger charge is -2.17. The molecule has 0 bridgehead atoms. The summed E-state index contributed by atoms with van der Waals surface area (Å²) in [5.74, 6) is -5.16. The Morgan fingerprint density at radius 2 is 1.69 bits per heavy atom. The van der Waals surface area contributed by atoms with Gasteiger partial charge < -0.3 is 36.3 Å². The number of carboxylic acids is 2. The molecule has 4 aromatic rings. The number of hydrogen-bond donors (Lipinski definition) is 8. The molecule has 0 amide bonds. The zero-order valence-corrected chi connectivity index (χ0v) is 18.0. The number of nitrogens with one attached hydrogen (secondary N) is 2. The first-order valence-electron chi connectivity index (χ1n) is 10.2. The number of aliphatic carboxylic acids is 2. The van der Waals surface area contributed by atoms with Crippen LogP contribution in [0.1, 0.15) is 23.5 Å². The van der Waals surface area contributed by atoms with E-state index in [9.17, 15) is 35.1 Å². The van der Waals surface area contributed by atoms with E-state index in [1.165, 1.54) is 30.3 Å². The van der Waals surface area contributed by atoms with E-state index in [-0.39, 0.29) is 51.2 Å². The molecular formula is C24H20N4O7. The zero-order valence-electron chi connectivity index (χ0n) is 18.0. The molecule has 178 valence electrons. The number of H-pyrrole nitrogens is 1. The van der Waals surface area contributed by atoms with E-state index in [0.717, 1.165) is 0 Å². The predicted molar refractivity (Wildman–Crippen MR) is 126 cm³/mol. The molecule has 4 rings (SSSR count). The second-order valence-corrected chi connectivity index (χ2v) is 7.89. The molecule has 11 heteroatoms. The minimum absolute atomic E-state index is 0.0000378. The maximum Gasteiger partial charge on any atom is 0.311 e. The highest BCUT2D eigenvalue weighted by Crippen LogP contribution is 2.44. The predicted octanol–water partition coefficient (Wildman–Crippen LogP) is 2.94. The van der Waals surface area contributed by atoms with Gasteiger partial charge in [-0.25, -0.2) is 4.98 Å². The van der Waals surface area contributed by atoms with Crippen molar-refractivity contribution in [3.05, 3.63) is 59.7 Å². The van der Waals surface area contributed by atoms with Crippen molar-refractivity contribution in [1.82, 2.24) is 9.97 Å². The normalized spacial score (nSPS) is 11.9. The first-order valence-corrected chi connectivity index (χ1v) is 10.2. The summed E-state index contributed by atoms with van der Waals surface area (Å²) in [6.45, 7) is 0. The number of aromatic hydroxyl groups is 3. The highest BCUT2D eigenvalue weighted by molar-refractivity contribution is 5.98. The lowest BCUT2D eigenvalue weighted by atomic mass is 9.89. The number of hydrogen-bond acceptors (Lipinski definition) is 7. The fourth-order valence-corrected chi connectivity index (χ4v) is 3.81. The number of carboxylic acid groups (broad SMARTS) is 2. The molecule has 1 unspecified atom stereocenters. The van der Waals surface area contributed by atoms with Crippen LogP contribution in [0.15, 0.2) is 48.5 Å². The standard InChI is InChI=1S/C24H20N4O7/c25-22(26)10-1-3-17-18(7-10)28-23(27-17)16-6-11(13(24(34)35)9-20(31)32)5-15(21(16)33)14-8-12(29)2-4-19(14)30/h1-8,13,29-30,33H,9H2,(H3,25,26)(H,27,28)(H,31,32)(H,34,35). The molecule has 1 aromatic heterocycles. The molecule has 1 heterocycles. The van der Waals surface area contributed by atoms with Crippen LogP contribution in [0.5, 0.6) is 17.2 Å². The first kappa shape index (κ1) is 23.1. The zero-order chi connectivity index (χ0) is 25.4. The van der Waals surface area contributed by atoms with Crippen molar-refractivity contribution < 1.29 is 35.1 Å². The summed E-state index contributed by atoms with van der Waals surface area (Å²) in [4.78, 5) is 30.7. The molecule has 9 N–H and O–H groups in total. The minimum Gasteiger partial charge on any atom is -0.508 e. The third-order valence-corrected chi connectivity index (χ3v) is 5.53. The van der Waals surface area contributed by atoms with Gasteiger partial charge in [-0.3, -0.25) is 15.0 Å². The molecule has 0 saturated carbocycles. The Balaban J connectivity index is 2.00. The van der Waals surface area contributed by atoms with E-state index in [4.69, 9.17) is 11.1 Å². The SMILES string of the molecule is N=C(N)c1ccc2[nH]c(-c3cc(C(CC(=O)O)C(=O)O)cc(-c4cc(O)ccc4O)c3O)nc2c1. The summed E-state index contributed by atoms with van der Waals surface area (Å²) in [5, 5.41) is 57.9. The van der Waals surface area contributed by atoms with E-state index in [0.29, 0.717) is 16.6 Å². The quantitative estimate of drug-likeness (QED) is 0.112. The Bertz CT molecular complexity index is 1510. The summed E-state index contributed by atoms with van der Waals surface area (Å²) < 4.78 is 0. The van der Waals surface area contributed by atoms with Crippen LogP contribution < -0.4 is 5.73 Å². The molecule has 0 aliphatic heterocycles. The van der Waals surface area contributed by atoms with E-state index in [1.807, 2.05) is 0 Å². The van der Waals surface area contributed by atoms with Gasteiger partial charge in [-0.15, -0.1) is 0 Å². The average Bonchev–Trinajstić information content (AvgIpc) is 3.22. The topological polar surface area (TPSA) is 214 Å². The molecule has 0 aliphatic rings. The summed E-state index contributed by atoms with van der Waals surface area (Å²) in [7, 11) is 0. The molecule has 0 spiro atoms. The molecule has 1 atom stereocenters. The number of phenols is 3. The van der Waals surface area contributed by atoms with Crippen molar-refractivity contribution in [2.45, 2.75) is 12.3 Å². The number of carbonyl (C=O) groups is 2. The van der Waals surface area contributed by atoms with Gasteiger partial charge in [0.2, 0.25) is 0 Å². The van der Waals surface area contributed by atoms with Gasteiger partial charge in [-0.05, 0) is 54.1 Å². The Labute approximate surface area is 197 Å².